The summed E-state index contributed by atoms with van der Waals surface area (Å²) in [6, 6.07) is 7.79. The zero-order valence-electron chi connectivity index (χ0n) is 12.1. The second-order valence-corrected chi connectivity index (χ2v) is 4.50. The zero-order valence-corrected chi connectivity index (χ0v) is 12.1. The van der Waals surface area contributed by atoms with Gasteiger partial charge in [0.1, 0.15) is 5.75 Å². The van der Waals surface area contributed by atoms with Gasteiger partial charge in [0, 0.05) is 19.6 Å². The van der Waals surface area contributed by atoms with Crippen molar-refractivity contribution >= 4 is 5.91 Å². The average molecular weight is 264 g/mol. The first-order valence-electron chi connectivity index (χ1n) is 6.78. The minimum atomic E-state index is -0.160. The van der Waals surface area contributed by atoms with E-state index in [9.17, 15) is 4.79 Å². The van der Waals surface area contributed by atoms with Crippen molar-refractivity contribution in [2.24, 2.45) is 11.7 Å². The lowest BCUT2D eigenvalue weighted by molar-refractivity contribution is -0.134. The van der Waals surface area contributed by atoms with E-state index in [1.807, 2.05) is 43.0 Å². The Kier molecular flexibility index (Phi) is 6.36. The van der Waals surface area contributed by atoms with Crippen LogP contribution in [-0.2, 0) is 11.2 Å². The fourth-order valence-electron chi connectivity index (χ4n) is 2.15. The molecule has 1 atom stereocenters. The number of methoxy groups -OCH3 is 1. The van der Waals surface area contributed by atoms with Crippen molar-refractivity contribution in [2.75, 3.05) is 26.7 Å². The molecule has 2 N–H and O–H groups in total. The highest BCUT2D eigenvalue weighted by atomic mass is 16.5. The fourth-order valence-corrected chi connectivity index (χ4v) is 2.15. The van der Waals surface area contributed by atoms with Gasteiger partial charge in [0.25, 0.3) is 0 Å². The third kappa shape index (κ3) is 4.24. The lowest BCUT2D eigenvalue weighted by Crippen LogP contribution is -2.39. The summed E-state index contributed by atoms with van der Waals surface area (Å²) in [6.07, 6.45) is 0.656. The monoisotopic (exact) mass is 264 g/mol. The second-order valence-electron chi connectivity index (χ2n) is 4.50. The molecular weight excluding hydrogens is 240 g/mol. The molecule has 1 aromatic carbocycles. The minimum Gasteiger partial charge on any atom is -0.497 e. The van der Waals surface area contributed by atoms with Crippen molar-refractivity contribution in [1.29, 1.82) is 0 Å². The van der Waals surface area contributed by atoms with Gasteiger partial charge < -0.3 is 15.4 Å². The van der Waals surface area contributed by atoms with Gasteiger partial charge in [0.15, 0.2) is 0 Å². The highest BCUT2D eigenvalue weighted by Gasteiger charge is 2.21. The van der Waals surface area contributed by atoms with E-state index < -0.39 is 0 Å². The Hall–Kier alpha value is -1.55. The summed E-state index contributed by atoms with van der Waals surface area (Å²) in [4.78, 5) is 14.1. The molecule has 0 aromatic heterocycles. The van der Waals surface area contributed by atoms with E-state index in [2.05, 4.69) is 0 Å². The second kappa shape index (κ2) is 7.79. The van der Waals surface area contributed by atoms with Gasteiger partial charge in [0.2, 0.25) is 5.91 Å². The predicted molar refractivity (Wildman–Crippen MR) is 77.2 cm³/mol. The Bertz CT molecular complexity index is 403. The van der Waals surface area contributed by atoms with Crippen molar-refractivity contribution < 1.29 is 9.53 Å². The molecule has 1 aromatic rings. The van der Waals surface area contributed by atoms with E-state index in [0.717, 1.165) is 24.4 Å². The molecule has 0 saturated heterocycles. The molecule has 0 heterocycles. The van der Waals surface area contributed by atoms with Crippen molar-refractivity contribution in [3.8, 4) is 5.75 Å². The molecule has 1 rings (SSSR count). The molecule has 0 saturated carbocycles. The number of ether oxygens (including phenoxy) is 1. The first-order chi connectivity index (χ1) is 9.15. The Labute approximate surface area is 115 Å². The molecule has 106 valence electrons. The van der Waals surface area contributed by atoms with Gasteiger partial charge in [-0.15, -0.1) is 0 Å². The maximum absolute atomic E-state index is 12.3. The number of amides is 1. The van der Waals surface area contributed by atoms with E-state index in [4.69, 9.17) is 10.5 Å². The number of carbonyl (C=O) groups excluding carboxylic acids is 1. The van der Waals surface area contributed by atoms with Gasteiger partial charge in [-0.25, -0.2) is 0 Å². The van der Waals surface area contributed by atoms with Gasteiger partial charge in [-0.05, 0) is 38.0 Å². The van der Waals surface area contributed by atoms with Crippen molar-refractivity contribution in [3.05, 3.63) is 29.8 Å². The van der Waals surface area contributed by atoms with Crippen LogP contribution < -0.4 is 10.5 Å². The van der Waals surface area contributed by atoms with Crippen LogP contribution in [0.25, 0.3) is 0 Å². The molecule has 1 amide bonds. The van der Waals surface area contributed by atoms with Crippen LogP contribution >= 0.6 is 0 Å². The summed E-state index contributed by atoms with van der Waals surface area (Å²) >= 11 is 0. The largest absolute Gasteiger partial charge is 0.497 e. The number of carbonyl (C=O) groups is 1. The molecular formula is C15H24N2O2. The van der Waals surface area contributed by atoms with E-state index in [-0.39, 0.29) is 11.8 Å². The lowest BCUT2D eigenvalue weighted by Gasteiger charge is -2.24. The smallest absolute Gasteiger partial charge is 0.227 e. The Morgan fingerprint density at radius 2 is 2.05 bits per heavy atom. The van der Waals surface area contributed by atoms with Crippen LogP contribution in [0.15, 0.2) is 24.3 Å². The number of hydrogen-bond donors (Lipinski definition) is 1. The first-order valence-corrected chi connectivity index (χ1v) is 6.78. The summed E-state index contributed by atoms with van der Waals surface area (Å²) in [5.74, 6) is 0.783. The zero-order chi connectivity index (χ0) is 14.3. The lowest BCUT2D eigenvalue weighted by atomic mass is 9.97. The van der Waals surface area contributed by atoms with Crippen molar-refractivity contribution in [2.45, 2.75) is 20.3 Å². The number of nitrogens with two attached hydrogens (primary N) is 1. The SMILES string of the molecule is CCN(CC)C(=O)C(CN)Cc1cccc(OC)c1. The van der Waals surface area contributed by atoms with Crippen LogP contribution in [0.1, 0.15) is 19.4 Å². The summed E-state index contributed by atoms with van der Waals surface area (Å²) in [7, 11) is 1.64. The number of rotatable bonds is 7. The maximum Gasteiger partial charge on any atom is 0.227 e. The van der Waals surface area contributed by atoms with E-state index in [0.29, 0.717) is 13.0 Å². The third-order valence-corrected chi connectivity index (χ3v) is 3.33. The quantitative estimate of drug-likeness (QED) is 0.815. The first kappa shape index (κ1) is 15.5. The van der Waals surface area contributed by atoms with Crippen LogP contribution in [0, 0.1) is 5.92 Å². The number of hydrogen-bond acceptors (Lipinski definition) is 3. The number of benzene rings is 1. The van der Waals surface area contributed by atoms with Crippen LogP contribution in [0.2, 0.25) is 0 Å². The predicted octanol–water partition coefficient (Wildman–Crippen LogP) is 1.68. The molecule has 0 aliphatic heterocycles. The Balaban J connectivity index is 2.78. The van der Waals surface area contributed by atoms with Gasteiger partial charge in [-0.2, -0.15) is 0 Å². The average Bonchev–Trinajstić information content (AvgIpc) is 2.46. The molecule has 19 heavy (non-hydrogen) atoms. The maximum atomic E-state index is 12.3. The standard InChI is InChI=1S/C15H24N2O2/c1-4-17(5-2)15(18)13(11-16)9-12-7-6-8-14(10-12)19-3/h6-8,10,13H,4-5,9,11,16H2,1-3H3. The molecule has 0 fully saturated rings. The molecule has 0 aliphatic rings. The fraction of sp³-hybridized carbons (Fsp3) is 0.533. The molecule has 0 radical (unpaired) electrons. The minimum absolute atomic E-state index is 0.135. The molecule has 0 bridgehead atoms. The van der Waals surface area contributed by atoms with E-state index in [1.165, 1.54) is 0 Å². The molecule has 4 heteroatoms. The van der Waals surface area contributed by atoms with Crippen LogP contribution in [-0.4, -0.2) is 37.6 Å². The number of nitrogens with zero attached hydrogens (tertiary/aromatic N) is 1. The van der Waals surface area contributed by atoms with Crippen molar-refractivity contribution in [1.82, 2.24) is 4.90 Å². The Morgan fingerprint density at radius 1 is 1.37 bits per heavy atom. The molecule has 4 nitrogen and oxygen atoms in total. The molecule has 1 unspecified atom stereocenters. The molecule has 0 spiro atoms. The normalized spacial score (nSPS) is 12.0. The van der Waals surface area contributed by atoms with Gasteiger partial charge in [0.05, 0.1) is 13.0 Å². The Morgan fingerprint density at radius 3 is 2.58 bits per heavy atom. The summed E-state index contributed by atoms with van der Waals surface area (Å²) in [5, 5.41) is 0. The van der Waals surface area contributed by atoms with Crippen LogP contribution in [0.3, 0.4) is 0 Å². The van der Waals surface area contributed by atoms with Gasteiger partial charge in [-0.3, -0.25) is 4.79 Å². The highest BCUT2D eigenvalue weighted by molar-refractivity contribution is 5.79. The topological polar surface area (TPSA) is 55.6 Å². The van der Waals surface area contributed by atoms with Crippen molar-refractivity contribution in [3.63, 3.8) is 0 Å². The summed E-state index contributed by atoms with van der Waals surface area (Å²) < 4.78 is 5.19. The van der Waals surface area contributed by atoms with Gasteiger partial charge >= 0.3 is 0 Å². The molecule has 0 aliphatic carbocycles. The van der Waals surface area contributed by atoms with Crippen LogP contribution in [0.4, 0.5) is 0 Å². The summed E-state index contributed by atoms with van der Waals surface area (Å²) in [5.41, 5.74) is 6.84. The van der Waals surface area contributed by atoms with Gasteiger partial charge in [-0.1, -0.05) is 12.1 Å². The highest BCUT2D eigenvalue weighted by Crippen LogP contribution is 2.17. The van der Waals surface area contributed by atoms with E-state index >= 15 is 0 Å². The van der Waals surface area contributed by atoms with Crippen LogP contribution in [0.5, 0.6) is 5.75 Å². The van der Waals surface area contributed by atoms with E-state index in [1.54, 1.807) is 7.11 Å². The third-order valence-electron chi connectivity index (χ3n) is 3.33. The summed E-state index contributed by atoms with van der Waals surface area (Å²) in [6.45, 7) is 5.79.